The zero-order chi connectivity index (χ0) is 14.0. The van der Waals surface area contributed by atoms with E-state index in [1.54, 1.807) is 0 Å². The molecule has 1 amide bonds. The Morgan fingerprint density at radius 3 is 2.74 bits per heavy atom. The van der Waals surface area contributed by atoms with Gasteiger partial charge in [0.25, 0.3) is 5.91 Å². The lowest BCUT2D eigenvalue weighted by Crippen LogP contribution is -2.46. The Hall–Kier alpha value is -1.78. The molecule has 19 heavy (non-hydrogen) atoms. The zero-order valence-electron chi connectivity index (χ0n) is 11.2. The van der Waals surface area contributed by atoms with Crippen LogP contribution in [0.15, 0.2) is 16.7 Å². The number of carbonyl (C=O) groups excluding carboxylic acids is 1. The molecule has 0 saturated heterocycles. The van der Waals surface area contributed by atoms with E-state index in [1.807, 2.05) is 0 Å². The first kappa shape index (κ1) is 13.6. The summed E-state index contributed by atoms with van der Waals surface area (Å²) in [5.74, 6) is -1.38. The van der Waals surface area contributed by atoms with Gasteiger partial charge in [-0.15, -0.1) is 0 Å². The lowest BCUT2D eigenvalue weighted by atomic mass is 9.73. The number of carbonyl (C=O) groups is 2. The normalized spacial score (nSPS) is 21.9. The van der Waals surface area contributed by atoms with E-state index in [9.17, 15) is 9.59 Å². The van der Waals surface area contributed by atoms with E-state index in [2.05, 4.69) is 19.2 Å². The molecule has 2 N–H and O–H groups in total. The highest BCUT2D eigenvalue weighted by Crippen LogP contribution is 2.35. The second-order valence-electron chi connectivity index (χ2n) is 5.77. The second-order valence-corrected chi connectivity index (χ2v) is 5.77. The van der Waals surface area contributed by atoms with Crippen molar-refractivity contribution in [2.75, 3.05) is 0 Å². The predicted octanol–water partition coefficient (Wildman–Crippen LogP) is 2.68. The van der Waals surface area contributed by atoms with Crippen LogP contribution in [0.1, 0.15) is 60.4 Å². The van der Waals surface area contributed by atoms with E-state index >= 15 is 0 Å². The lowest BCUT2D eigenvalue weighted by molar-refractivity contribution is 0.0695. The van der Waals surface area contributed by atoms with Crippen LogP contribution in [-0.2, 0) is 0 Å². The number of amides is 1. The number of furan rings is 1. The molecule has 104 valence electrons. The highest BCUT2D eigenvalue weighted by molar-refractivity contribution is 5.95. The molecular weight excluding hydrogens is 246 g/mol. The van der Waals surface area contributed by atoms with E-state index in [1.165, 1.54) is 12.5 Å². The average Bonchev–Trinajstić information content (AvgIpc) is 2.81. The fourth-order valence-electron chi connectivity index (χ4n) is 2.56. The summed E-state index contributed by atoms with van der Waals surface area (Å²) >= 11 is 0. The molecule has 0 bridgehead atoms. The van der Waals surface area contributed by atoms with Gasteiger partial charge in [-0.1, -0.05) is 26.7 Å². The third kappa shape index (κ3) is 2.97. The van der Waals surface area contributed by atoms with E-state index in [0.717, 1.165) is 25.5 Å². The van der Waals surface area contributed by atoms with Crippen LogP contribution in [0, 0.1) is 5.41 Å². The van der Waals surface area contributed by atoms with E-state index < -0.39 is 5.97 Å². The van der Waals surface area contributed by atoms with Gasteiger partial charge in [-0.3, -0.25) is 4.79 Å². The Bertz CT molecular complexity index is 489. The smallest absolute Gasteiger partial charge is 0.338 e. The van der Waals surface area contributed by atoms with Crippen molar-refractivity contribution in [3.63, 3.8) is 0 Å². The van der Waals surface area contributed by atoms with Gasteiger partial charge in [0.1, 0.15) is 6.26 Å². The Kier molecular flexibility index (Phi) is 3.64. The third-order valence-corrected chi connectivity index (χ3v) is 3.88. The maximum atomic E-state index is 12.0. The average molecular weight is 265 g/mol. The highest BCUT2D eigenvalue weighted by atomic mass is 16.4. The first-order valence-electron chi connectivity index (χ1n) is 6.53. The third-order valence-electron chi connectivity index (χ3n) is 3.88. The minimum Gasteiger partial charge on any atom is -0.478 e. The van der Waals surface area contributed by atoms with Crippen molar-refractivity contribution in [1.82, 2.24) is 5.32 Å². The highest BCUT2D eigenvalue weighted by Gasteiger charge is 2.33. The molecule has 0 aliphatic heterocycles. The minimum absolute atomic E-state index is 0.00643. The van der Waals surface area contributed by atoms with Gasteiger partial charge in [-0.05, 0) is 18.3 Å². The summed E-state index contributed by atoms with van der Waals surface area (Å²) in [5, 5.41) is 11.7. The minimum atomic E-state index is -1.10. The SMILES string of the molecule is CC1(C)CCCCC1NC(=O)c1cc(C(=O)O)co1. The van der Waals surface area contributed by atoms with Gasteiger partial charge in [0.2, 0.25) is 0 Å². The number of rotatable bonds is 3. The predicted molar refractivity (Wildman–Crippen MR) is 69.2 cm³/mol. The molecule has 1 aliphatic rings. The van der Waals surface area contributed by atoms with Crippen molar-refractivity contribution in [2.45, 2.75) is 45.6 Å². The Morgan fingerprint density at radius 2 is 2.16 bits per heavy atom. The van der Waals surface area contributed by atoms with Gasteiger partial charge in [0.15, 0.2) is 5.76 Å². The van der Waals surface area contributed by atoms with E-state index in [0.29, 0.717) is 0 Å². The number of aromatic carboxylic acids is 1. The Balaban J connectivity index is 2.05. The van der Waals surface area contributed by atoms with Crippen molar-refractivity contribution in [2.24, 2.45) is 5.41 Å². The summed E-state index contributed by atoms with van der Waals surface area (Å²) in [6.45, 7) is 4.28. The molecule has 5 nitrogen and oxygen atoms in total. The molecule has 5 heteroatoms. The molecule has 2 rings (SSSR count). The van der Waals surface area contributed by atoms with Gasteiger partial charge in [0, 0.05) is 12.1 Å². The summed E-state index contributed by atoms with van der Waals surface area (Å²) in [4.78, 5) is 22.8. The van der Waals surface area contributed by atoms with Crippen LogP contribution in [-0.4, -0.2) is 23.0 Å². The maximum absolute atomic E-state index is 12.0. The summed E-state index contributed by atoms with van der Waals surface area (Å²) in [6, 6.07) is 1.36. The molecular formula is C14H19NO4. The van der Waals surface area contributed by atoms with Crippen molar-refractivity contribution < 1.29 is 19.1 Å². The standard InChI is InChI=1S/C14H19NO4/c1-14(2)6-4-3-5-11(14)15-12(16)10-7-9(8-19-10)13(17)18/h7-8,11H,3-6H2,1-2H3,(H,15,16)(H,17,18). The van der Waals surface area contributed by atoms with E-state index in [4.69, 9.17) is 9.52 Å². The Labute approximate surface area is 112 Å². The number of hydrogen-bond donors (Lipinski definition) is 2. The summed E-state index contributed by atoms with van der Waals surface area (Å²) in [7, 11) is 0. The van der Waals surface area contributed by atoms with Crippen molar-refractivity contribution in [3.05, 3.63) is 23.7 Å². The van der Waals surface area contributed by atoms with Crippen LogP contribution in [0.25, 0.3) is 0 Å². The molecule has 0 radical (unpaired) electrons. The molecule has 1 fully saturated rings. The van der Waals surface area contributed by atoms with Gasteiger partial charge in [-0.25, -0.2) is 4.79 Å². The van der Waals surface area contributed by atoms with E-state index in [-0.39, 0.29) is 28.7 Å². The van der Waals surface area contributed by atoms with Crippen LogP contribution in [0.3, 0.4) is 0 Å². The monoisotopic (exact) mass is 265 g/mol. The number of nitrogens with one attached hydrogen (secondary N) is 1. The van der Waals surface area contributed by atoms with Crippen LogP contribution in [0.2, 0.25) is 0 Å². The van der Waals surface area contributed by atoms with Crippen molar-refractivity contribution in [1.29, 1.82) is 0 Å². The topological polar surface area (TPSA) is 79.5 Å². The quantitative estimate of drug-likeness (QED) is 0.880. The first-order valence-corrected chi connectivity index (χ1v) is 6.53. The fraction of sp³-hybridized carbons (Fsp3) is 0.571. The summed E-state index contributed by atoms with van der Waals surface area (Å²) < 4.78 is 5.00. The van der Waals surface area contributed by atoms with Gasteiger partial charge < -0.3 is 14.8 Å². The maximum Gasteiger partial charge on any atom is 0.338 e. The van der Waals surface area contributed by atoms with Gasteiger partial charge >= 0.3 is 5.97 Å². The molecule has 0 aromatic carbocycles. The zero-order valence-corrected chi connectivity index (χ0v) is 11.2. The molecule has 1 aromatic heterocycles. The molecule has 1 saturated carbocycles. The molecule has 1 unspecified atom stereocenters. The molecule has 1 aromatic rings. The molecule has 1 heterocycles. The van der Waals surface area contributed by atoms with Crippen LogP contribution < -0.4 is 5.32 Å². The number of carboxylic acid groups (broad SMARTS) is 1. The van der Waals surface area contributed by atoms with Crippen LogP contribution >= 0.6 is 0 Å². The largest absolute Gasteiger partial charge is 0.478 e. The van der Waals surface area contributed by atoms with Crippen molar-refractivity contribution in [3.8, 4) is 0 Å². The number of carboxylic acids is 1. The summed E-state index contributed by atoms with van der Waals surface area (Å²) in [5.41, 5.74) is 0.0592. The molecule has 0 spiro atoms. The van der Waals surface area contributed by atoms with Crippen LogP contribution in [0.4, 0.5) is 0 Å². The second kappa shape index (κ2) is 5.07. The summed E-state index contributed by atoms with van der Waals surface area (Å²) in [6.07, 6.45) is 5.40. The fourth-order valence-corrected chi connectivity index (χ4v) is 2.56. The van der Waals surface area contributed by atoms with Crippen LogP contribution in [0.5, 0.6) is 0 Å². The lowest BCUT2D eigenvalue weighted by Gasteiger charge is -2.38. The number of hydrogen-bond acceptors (Lipinski definition) is 3. The Morgan fingerprint density at radius 1 is 1.42 bits per heavy atom. The molecule has 1 aliphatic carbocycles. The molecule has 1 atom stereocenters. The van der Waals surface area contributed by atoms with Gasteiger partial charge in [0.05, 0.1) is 5.56 Å². The van der Waals surface area contributed by atoms with Gasteiger partial charge in [-0.2, -0.15) is 0 Å². The van der Waals surface area contributed by atoms with Crippen molar-refractivity contribution >= 4 is 11.9 Å². The first-order chi connectivity index (χ1) is 8.90.